The fraction of sp³-hybridized carbons (Fsp3) is 0.310. The van der Waals surface area contributed by atoms with Gasteiger partial charge in [0.1, 0.15) is 5.75 Å². The summed E-state index contributed by atoms with van der Waals surface area (Å²) in [4.78, 5) is 27.9. The molecule has 1 aliphatic rings. The fourth-order valence-corrected chi connectivity index (χ4v) is 4.65. The van der Waals surface area contributed by atoms with E-state index in [0.717, 1.165) is 17.5 Å². The molecule has 0 unspecified atom stereocenters. The van der Waals surface area contributed by atoms with Gasteiger partial charge in [0, 0.05) is 23.7 Å². The molecular weight excluding hydrogens is 460 g/mol. The highest BCUT2D eigenvalue weighted by Gasteiger charge is 2.32. The maximum Gasteiger partial charge on any atom is 0.265 e. The minimum Gasteiger partial charge on any atom is -0.481 e. The summed E-state index contributed by atoms with van der Waals surface area (Å²) >= 11 is 6.02. The van der Waals surface area contributed by atoms with E-state index in [1.807, 2.05) is 41.3 Å². The third kappa shape index (κ3) is 6.04. The monoisotopic (exact) mass is 490 g/mol. The number of anilines is 1. The summed E-state index contributed by atoms with van der Waals surface area (Å²) < 4.78 is 6.04. The van der Waals surface area contributed by atoms with Gasteiger partial charge in [-0.25, -0.2) is 0 Å². The molecule has 3 aromatic rings. The maximum atomic E-state index is 13.2. The van der Waals surface area contributed by atoms with Gasteiger partial charge in [-0.2, -0.15) is 0 Å². The molecule has 6 heteroatoms. The van der Waals surface area contributed by atoms with Crippen LogP contribution >= 0.6 is 11.6 Å². The number of rotatable bonds is 7. The van der Waals surface area contributed by atoms with Crippen LogP contribution in [0.2, 0.25) is 5.02 Å². The molecule has 0 bridgehead atoms. The average molecular weight is 491 g/mol. The number of carbonyl (C=O) groups excluding carboxylic acids is 2. The van der Waals surface area contributed by atoms with Crippen LogP contribution in [-0.4, -0.2) is 29.4 Å². The average Bonchev–Trinajstić information content (AvgIpc) is 2.83. The summed E-state index contributed by atoms with van der Waals surface area (Å²) in [5.74, 6) is 0.767. The Balaban J connectivity index is 1.59. The summed E-state index contributed by atoms with van der Waals surface area (Å²) in [6.45, 7) is 6.52. The van der Waals surface area contributed by atoms with Crippen molar-refractivity contribution in [2.24, 2.45) is 5.92 Å². The van der Waals surface area contributed by atoms with E-state index in [1.165, 1.54) is 5.56 Å². The molecular formula is C29H31ClN2O3. The van der Waals surface area contributed by atoms with Gasteiger partial charge < -0.3 is 15.0 Å². The molecule has 3 aromatic carbocycles. The molecule has 4 rings (SSSR count). The minimum atomic E-state index is -0.718. The molecule has 0 saturated heterocycles. The Morgan fingerprint density at radius 1 is 1.03 bits per heavy atom. The van der Waals surface area contributed by atoms with Gasteiger partial charge in [-0.3, -0.25) is 9.59 Å². The Morgan fingerprint density at radius 3 is 2.51 bits per heavy atom. The molecule has 2 atom stereocenters. The van der Waals surface area contributed by atoms with Gasteiger partial charge in [-0.05, 0) is 66.3 Å². The van der Waals surface area contributed by atoms with Crippen molar-refractivity contribution in [3.8, 4) is 5.75 Å². The SMILES string of the molecule is CC(C)CC(=O)N1CCc2ccc(O[C@@H](C)C(=O)Nc3cccc(Cl)c3)cc2[C@H]1c1ccccc1. The Bertz CT molecular complexity index is 1200. The van der Waals surface area contributed by atoms with Crippen molar-refractivity contribution in [3.63, 3.8) is 0 Å². The van der Waals surface area contributed by atoms with Crippen LogP contribution in [0.15, 0.2) is 72.8 Å². The fourth-order valence-electron chi connectivity index (χ4n) is 4.46. The van der Waals surface area contributed by atoms with Gasteiger partial charge in [0.15, 0.2) is 6.10 Å². The number of halogens is 1. The van der Waals surface area contributed by atoms with Crippen LogP contribution in [0.4, 0.5) is 5.69 Å². The molecule has 182 valence electrons. The topological polar surface area (TPSA) is 58.6 Å². The molecule has 5 nitrogen and oxygen atoms in total. The number of nitrogens with zero attached hydrogens (tertiary/aromatic N) is 1. The van der Waals surface area contributed by atoms with Crippen molar-refractivity contribution < 1.29 is 14.3 Å². The normalized spacial score (nSPS) is 15.9. The van der Waals surface area contributed by atoms with Crippen LogP contribution in [0.25, 0.3) is 0 Å². The van der Waals surface area contributed by atoms with Gasteiger partial charge in [-0.15, -0.1) is 0 Å². The molecule has 1 heterocycles. The quantitative estimate of drug-likeness (QED) is 0.425. The second-order valence-electron chi connectivity index (χ2n) is 9.37. The van der Waals surface area contributed by atoms with Crippen molar-refractivity contribution in [2.75, 3.05) is 11.9 Å². The number of fused-ring (bicyclic) bond motifs is 1. The first-order valence-corrected chi connectivity index (χ1v) is 12.4. The van der Waals surface area contributed by atoms with Crippen LogP contribution in [0, 0.1) is 5.92 Å². The minimum absolute atomic E-state index is 0.153. The predicted molar refractivity (Wildman–Crippen MR) is 140 cm³/mol. The summed E-state index contributed by atoms with van der Waals surface area (Å²) in [6, 6.07) is 22.8. The van der Waals surface area contributed by atoms with E-state index in [9.17, 15) is 9.59 Å². The molecule has 0 fully saturated rings. The molecule has 0 radical (unpaired) electrons. The first kappa shape index (κ1) is 24.8. The standard InChI is InChI=1S/C29H31ClN2O3/c1-19(2)16-27(33)32-15-14-21-12-13-25(18-26(21)28(32)22-8-5-4-6-9-22)35-20(3)29(34)31-24-11-7-10-23(30)17-24/h4-13,17-20,28H,14-16H2,1-3H3,(H,31,34)/t20-,28+/m0/s1. The maximum absolute atomic E-state index is 13.2. The van der Waals surface area contributed by atoms with Crippen LogP contribution in [0.5, 0.6) is 5.75 Å². The second kappa shape index (κ2) is 11.0. The van der Waals surface area contributed by atoms with Gasteiger partial charge in [0.25, 0.3) is 5.91 Å². The number of ether oxygens (including phenoxy) is 1. The molecule has 0 saturated carbocycles. The van der Waals surface area contributed by atoms with Crippen LogP contribution < -0.4 is 10.1 Å². The molecule has 0 aromatic heterocycles. The molecule has 1 N–H and O–H groups in total. The molecule has 0 spiro atoms. The van der Waals surface area contributed by atoms with Crippen molar-refractivity contribution in [2.45, 2.75) is 45.8 Å². The number of hydrogen-bond acceptors (Lipinski definition) is 3. The zero-order chi connectivity index (χ0) is 24.9. The van der Waals surface area contributed by atoms with Gasteiger partial charge in [-0.1, -0.05) is 67.9 Å². The zero-order valence-electron chi connectivity index (χ0n) is 20.3. The number of amides is 2. The van der Waals surface area contributed by atoms with Crippen molar-refractivity contribution in [1.29, 1.82) is 0 Å². The lowest BCUT2D eigenvalue weighted by atomic mass is 9.87. The van der Waals surface area contributed by atoms with Crippen LogP contribution in [-0.2, 0) is 16.0 Å². The Kier molecular flexibility index (Phi) is 7.76. The highest BCUT2D eigenvalue weighted by atomic mass is 35.5. The first-order chi connectivity index (χ1) is 16.8. The summed E-state index contributed by atoms with van der Waals surface area (Å²) in [7, 11) is 0. The van der Waals surface area contributed by atoms with Crippen molar-refractivity contribution >= 4 is 29.1 Å². The summed E-state index contributed by atoms with van der Waals surface area (Å²) in [5, 5.41) is 3.39. The highest BCUT2D eigenvalue weighted by Crippen LogP contribution is 2.38. The summed E-state index contributed by atoms with van der Waals surface area (Å²) in [5.41, 5.74) is 3.91. The van der Waals surface area contributed by atoms with E-state index in [-0.39, 0.29) is 23.8 Å². The van der Waals surface area contributed by atoms with Crippen LogP contribution in [0.3, 0.4) is 0 Å². The summed E-state index contributed by atoms with van der Waals surface area (Å²) in [6.07, 6.45) is 0.577. The van der Waals surface area contributed by atoms with Crippen molar-refractivity contribution in [1.82, 2.24) is 4.90 Å². The zero-order valence-corrected chi connectivity index (χ0v) is 21.1. The molecule has 35 heavy (non-hydrogen) atoms. The predicted octanol–water partition coefficient (Wildman–Crippen LogP) is 6.27. The Hall–Kier alpha value is -3.31. The van der Waals surface area contributed by atoms with E-state index in [1.54, 1.807) is 31.2 Å². The first-order valence-electron chi connectivity index (χ1n) is 12.0. The Labute approximate surface area is 212 Å². The largest absolute Gasteiger partial charge is 0.481 e. The molecule has 0 aliphatic carbocycles. The lowest BCUT2D eigenvalue weighted by molar-refractivity contribution is -0.134. The number of benzene rings is 3. The molecule has 2 amide bonds. The number of nitrogens with one attached hydrogen (secondary N) is 1. The van der Waals surface area contributed by atoms with Crippen LogP contribution in [0.1, 0.15) is 49.9 Å². The Morgan fingerprint density at radius 2 is 1.80 bits per heavy atom. The van der Waals surface area contributed by atoms with Gasteiger partial charge >= 0.3 is 0 Å². The third-order valence-corrected chi connectivity index (χ3v) is 6.37. The smallest absolute Gasteiger partial charge is 0.265 e. The van der Waals surface area contributed by atoms with E-state index in [4.69, 9.17) is 16.3 Å². The van der Waals surface area contributed by atoms with Crippen molar-refractivity contribution in [3.05, 3.63) is 94.5 Å². The highest BCUT2D eigenvalue weighted by molar-refractivity contribution is 6.30. The van der Waals surface area contributed by atoms with E-state index >= 15 is 0 Å². The van der Waals surface area contributed by atoms with Gasteiger partial charge in [0.05, 0.1) is 6.04 Å². The lowest BCUT2D eigenvalue weighted by Crippen LogP contribution is -2.41. The van der Waals surface area contributed by atoms with E-state index < -0.39 is 6.10 Å². The number of hydrogen-bond donors (Lipinski definition) is 1. The van der Waals surface area contributed by atoms with E-state index in [0.29, 0.717) is 29.4 Å². The molecule has 1 aliphatic heterocycles. The second-order valence-corrected chi connectivity index (χ2v) is 9.81. The lowest BCUT2D eigenvalue weighted by Gasteiger charge is -2.38. The third-order valence-electron chi connectivity index (χ3n) is 6.14. The van der Waals surface area contributed by atoms with Gasteiger partial charge in [0.2, 0.25) is 5.91 Å². The van der Waals surface area contributed by atoms with E-state index in [2.05, 4.69) is 31.3 Å². The number of carbonyl (C=O) groups is 2.